The third-order valence-corrected chi connectivity index (χ3v) is 2.37. The van der Waals surface area contributed by atoms with Gasteiger partial charge in [0.25, 0.3) is 0 Å². The molecule has 0 radical (unpaired) electrons. The van der Waals surface area contributed by atoms with E-state index in [1.54, 1.807) is 0 Å². The number of carbonyl (C=O) groups is 2. The van der Waals surface area contributed by atoms with Crippen LogP contribution in [0.15, 0.2) is 12.2 Å². The highest BCUT2D eigenvalue weighted by molar-refractivity contribution is 5.91. The van der Waals surface area contributed by atoms with Crippen molar-refractivity contribution in [3.8, 4) is 0 Å². The van der Waals surface area contributed by atoms with Gasteiger partial charge >= 0.3 is 11.9 Å². The molecule has 0 rings (SSSR count). The number of esters is 2. The highest BCUT2D eigenvalue weighted by atomic mass is 127. The van der Waals surface area contributed by atoms with Crippen LogP contribution in [0.4, 0.5) is 0 Å². The van der Waals surface area contributed by atoms with Crippen molar-refractivity contribution in [3.05, 3.63) is 12.2 Å². The van der Waals surface area contributed by atoms with Crippen molar-refractivity contribution >= 4 is 11.9 Å². The van der Waals surface area contributed by atoms with Crippen LogP contribution in [-0.2, 0) is 19.1 Å². The molecule has 0 atom stereocenters. The second-order valence-corrected chi connectivity index (χ2v) is 6.70. The fourth-order valence-corrected chi connectivity index (χ4v) is 1.07. The lowest BCUT2D eigenvalue weighted by Gasteiger charge is -2.23. The van der Waals surface area contributed by atoms with Crippen LogP contribution < -0.4 is 48.0 Å². The average molecular weight is 542 g/mol. The topological polar surface area (TPSA) is 52.6 Å². The summed E-state index contributed by atoms with van der Waals surface area (Å²) in [5.74, 6) is -1.05. The van der Waals surface area contributed by atoms with Gasteiger partial charge in [0.2, 0.25) is 0 Å². The first-order valence-electron chi connectivity index (χ1n) is 6.62. The summed E-state index contributed by atoms with van der Waals surface area (Å²) in [6.07, 6.45) is 2.20. The third kappa shape index (κ3) is 20.1. The van der Waals surface area contributed by atoms with Crippen molar-refractivity contribution in [1.82, 2.24) is 0 Å². The highest BCUT2D eigenvalue weighted by Crippen LogP contribution is 1.93. The summed E-state index contributed by atoms with van der Waals surface area (Å²) >= 11 is 0. The van der Waals surface area contributed by atoms with Gasteiger partial charge in [0.15, 0.2) is 0 Å². The zero-order valence-electron chi connectivity index (χ0n) is 14.3. The number of rotatable bonds is 8. The smallest absolute Gasteiger partial charge is 0.331 e. The number of hydrogen-bond acceptors (Lipinski definition) is 4. The molecular formula is C14H28I2N2O4. The lowest BCUT2D eigenvalue weighted by atomic mass is 10.5. The molecule has 132 valence electrons. The second-order valence-electron chi connectivity index (χ2n) is 6.70. The van der Waals surface area contributed by atoms with Crippen LogP contribution in [-0.4, -0.2) is 89.5 Å². The zero-order chi connectivity index (χ0) is 15.8. The van der Waals surface area contributed by atoms with E-state index in [-0.39, 0.29) is 48.0 Å². The number of likely N-dealkylation sites (N-methyl/N-ethyl adjacent to an activating group) is 2. The van der Waals surface area contributed by atoms with Gasteiger partial charge in [0.1, 0.15) is 26.3 Å². The van der Waals surface area contributed by atoms with E-state index in [1.807, 2.05) is 42.3 Å². The van der Waals surface area contributed by atoms with Crippen molar-refractivity contribution in [3.63, 3.8) is 0 Å². The van der Waals surface area contributed by atoms with Crippen LogP contribution in [0, 0.1) is 0 Å². The fourth-order valence-electron chi connectivity index (χ4n) is 1.07. The highest BCUT2D eigenvalue weighted by Gasteiger charge is 2.09. The first-order chi connectivity index (χ1) is 8.99. The molecule has 0 aliphatic rings. The standard InChI is InChI=1S/C14H28N2O4.2HI/c1-15(2,3)9-11-19-13(17)7-8-14(18)20-12-10-16(4,5)6;;/h7-8H,9-12H2,1-6H3;2*1H/q+2;;/p-2/b8-7+;;. The van der Waals surface area contributed by atoms with Crippen molar-refractivity contribution in [2.75, 3.05) is 68.6 Å². The van der Waals surface area contributed by atoms with Gasteiger partial charge in [0.05, 0.1) is 42.3 Å². The zero-order valence-corrected chi connectivity index (χ0v) is 18.6. The third-order valence-electron chi connectivity index (χ3n) is 2.37. The van der Waals surface area contributed by atoms with Crippen LogP contribution in [0.3, 0.4) is 0 Å². The minimum Gasteiger partial charge on any atom is -1.00 e. The van der Waals surface area contributed by atoms with Gasteiger partial charge in [-0.3, -0.25) is 0 Å². The maximum absolute atomic E-state index is 11.3. The molecule has 0 heterocycles. The van der Waals surface area contributed by atoms with Crippen LogP contribution in [0.1, 0.15) is 0 Å². The molecule has 0 saturated carbocycles. The molecular weight excluding hydrogens is 514 g/mol. The van der Waals surface area contributed by atoms with Gasteiger partial charge in [-0.2, -0.15) is 0 Å². The molecule has 8 heteroatoms. The Morgan fingerprint density at radius 3 is 1.23 bits per heavy atom. The number of carbonyl (C=O) groups excluding carboxylic acids is 2. The van der Waals surface area contributed by atoms with Gasteiger partial charge in [-0.05, 0) is 0 Å². The number of nitrogens with zero attached hydrogens (tertiary/aromatic N) is 2. The Balaban J connectivity index is -0.00000180. The first-order valence-corrected chi connectivity index (χ1v) is 6.62. The predicted octanol–water partition coefficient (Wildman–Crippen LogP) is -5.95. The Morgan fingerprint density at radius 1 is 0.727 bits per heavy atom. The van der Waals surface area contributed by atoms with E-state index in [0.29, 0.717) is 35.3 Å². The minimum absolute atomic E-state index is 0. The second kappa shape index (κ2) is 12.5. The minimum atomic E-state index is -0.526. The van der Waals surface area contributed by atoms with Crippen molar-refractivity contribution < 1.29 is 76.0 Å². The Kier molecular flexibility index (Phi) is 15.3. The Hall–Kier alpha value is 0.0600. The van der Waals surface area contributed by atoms with E-state index >= 15 is 0 Å². The number of hydrogen-bond donors (Lipinski definition) is 0. The number of quaternary nitrogens is 2. The molecule has 6 nitrogen and oxygen atoms in total. The van der Waals surface area contributed by atoms with E-state index in [9.17, 15) is 9.59 Å². The SMILES string of the molecule is C[N+](C)(C)CCOC(=O)/C=C/C(=O)OCC[N+](C)(C)C.[I-].[I-]. The van der Waals surface area contributed by atoms with Gasteiger partial charge in [-0.15, -0.1) is 0 Å². The number of ether oxygens (including phenoxy) is 2. The molecule has 0 aliphatic carbocycles. The van der Waals surface area contributed by atoms with Crippen LogP contribution in [0.2, 0.25) is 0 Å². The summed E-state index contributed by atoms with van der Waals surface area (Å²) in [5.41, 5.74) is 0. The fraction of sp³-hybridized carbons (Fsp3) is 0.714. The molecule has 0 saturated heterocycles. The van der Waals surface area contributed by atoms with E-state index in [1.165, 1.54) is 0 Å². The molecule has 0 bridgehead atoms. The quantitative estimate of drug-likeness (QED) is 0.133. The normalized spacial score (nSPS) is 11.4. The molecule has 0 unspecified atom stereocenters. The largest absolute Gasteiger partial charge is 1.00 e. The Labute approximate surface area is 168 Å². The van der Waals surface area contributed by atoms with Gasteiger partial charge in [0, 0.05) is 12.2 Å². The molecule has 0 fully saturated rings. The summed E-state index contributed by atoms with van der Waals surface area (Å²) in [6.45, 7) is 2.08. The summed E-state index contributed by atoms with van der Waals surface area (Å²) in [4.78, 5) is 22.7. The van der Waals surface area contributed by atoms with E-state index in [0.717, 1.165) is 12.2 Å². The van der Waals surface area contributed by atoms with E-state index in [2.05, 4.69) is 0 Å². The maximum atomic E-state index is 11.3. The van der Waals surface area contributed by atoms with Crippen molar-refractivity contribution in [2.45, 2.75) is 0 Å². The van der Waals surface area contributed by atoms with Crippen LogP contribution in [0.5, 0.6) is 0 Å². The molecule has 0 aliphatic heterocycles. The first kappa shape index (κ1) is 26.9. The summed E-state index contributed by atoms with van der Waals surface area (Å²) in [7, 11) is 12.1. The lowest BCUT2D eigenvalue weighted by Crippen LogP contribution is -3.00. The molecule has 0 N–H and O–H groups in total. The van der Waals surface area contributed by atoms with Crippen LogP contribution in [0.25, 0.3) is 0 Å². The summed E-state index contributed by atoms with van der Waals surface area (Å²) < 4.78 is 11.4. The van der Waals surface area contributed by atoms with Crippen molar-refractivity contribution in [2.24, 2.45) is 0 Å². The van der Waals surface area contributed by atoms with E-state index in [4.69, 9.17) is 9.47 Å². The van der Waals surface area contributed by atoms with Crippen molar-refractivity contribution in [1.29, 1.82) is 0 Å². The predicted molar refractivity (Wildman–Crippen MR) is 76.9 cm³/mol. The molecule has 0 aromatic heterocycles. The Bertz CT molecular complexity index is 327. The van der Waals surface area contributed by atoms with Gasteiger partial charge in [-0.25, -0.2) is 9.59 Å². The molecule has 0 aromatic carbocycles. The molecule has 0 spiro atoms. The molecule has 22 heavy (non-hydrogen) atoms. The van der Waals surface area contributed by atoms with Gasteiger partial charge in [-0.1, -0.05) is 0 Å². The summed E-state index contributed by atoms with van der Waals surface area (Å²) in [5, 5.41) is 0. The van der Waals surface area contributed by atoms with E-state index < -0.39 is 11.9 Å². The molecule has 0 aromatic rings. The average Bonchev–Trinajstić information content (AvgIpc) is 2.22. The molecule has 0 amide bonds. The maximum Gasteiger partial charge on any atom is 0.331 e. The van der Waals surface area contributed by atoms with Crippen LogP contribution >= 0.6 is 0 Å². The number of halogens is 2. The van der Waals surface area contributed by atoms with Gasteiger partial charge < -0.3 is 66.4 Å². The lowest BCUT2D eigenvalue weighted by molar-refractivity contribution is -0.870. The Morgan fingerprint density at radius 2 is 1.00 bits per heavy atom. The summed E-state index contributed by atoms with van der Waals surface area (Å²) in [6, 6.07) is 0. The monoisotopic (exact) mass is 542 g/mol.